The third-order valence-corrected chi connectivity index (χ3v) is 9.98. The number of carbonyl (C=O) groups excluding carboxylic acids is 2. The molecule has 3 aliphatic heterocycles. The molecule has 3 atom stereocenters. The van der Waals surface area contributed by atoms with Crippen molar-refractivity contribution in [1.29, 1.82) is 0 Å². The molecule has 0 amide bonds. The monoisotopic (exact) mass is 767 g/mol. The molecule has 3 saturated heterocycles. The van der Waals surface area contributed by atoms with E-state index in [1.165, 1.54) is 38.7 Å². The zero-order chi connectivity index (χ0) is 37.9. The van der Waals surface area contributed by atoms with Gasteiger partial charge in [-0.25, -0.2) is 14.0 Å². The van der Waals surface area contributed by atoms with Crippen molar-refractivity contribution < 1.29 is 42.8 Å². The SMILES string of the molecule is COc1ccc(C(Cc2c(Cl)cncc2Cl)OC(=O)c2cccc(CNC(C(=O)O[C@H]3CN4CCC3CC4)c3cccc(F)c3)c2)cc1OC.O=CO. The Bertz CT molecular complexity index is 1870. The van der Waals surface area contributed by atoms with Crippen LogP contribution < -0.4 is 14.8 Å². The molecule has 11 nitrogen and oxygen atoms in total. The molecule has 53 heavy (non-hydrogen) atoms. The molecular formula is C39H40Cl2FN3O8. The molecule has 2 N–H and O–H groups in total. The number of halogens is 3. The fourth-order valence-electron chi connectivity index (χ4n) is 6.61. The molecule has 3 aliphatic rings. The van der Waals surface area contributed by atoms with Crippen molar-refractivity contribution in [2.24, 2.45) is 5.92 Å². The maximum absolute atomic E-state index is 14.3. The van der Waals surface area contributed by atoms with Crippen molar-refractivity contribution in [2.45, 2.75) is 44.1 Å². The second kappa shape index (κ2) is 18.8. The summed E-state index contributed by atoms with van der Waals surface area (Å²) >= 11 is 12.9. The van der Waals surface area contributed by atoms with Gasteiger partial charge >= 0.3 is 11.9 Å². The van der Waals surface area contributed by atoms with Crippen LogP contribution in [-0.4, -0.2) is 73.4 Å². The van der Waals surface area contributed by atoms with E-state index < -0.39 is 29.9 Å². The fourth-order valence-corrected chi connectivity index (χ4v) is 7.13. The number of esters is 2. The van der Waals surface area contributed by atoms with Crippen LogP contribution in [0.2, 0.25) is 10.0 Å². The molecule has 0 spiro atoms. The predicted octanol–water partition coefficient (Wildman–Crippen LogP) is 6.85. The van der Waals surface area contributed by atoms with Gasteiger partial charge in [0, 0.05) is 31.9 Å². The smallest absolute Gasteiger partial charge is 0.338 e. The van der Waals surface area contributed by atoms with Crippen molar-refractivity contribution in [3.8, 4) is 11.5 Å². The molecule has 0 saturated carbocycles. The van der Waals surface area contributed by atoms with Crippen LogP contribution in [-0.2, 0) is 32.0 Å². The number of piperidine rings is 3. The number of nitrogens with one attached hydrogen (secondary N) is 1. The van der Waals surface area contributed by atoms with E-state index in [0.29, 0.717) is 61.8 Å². The van der Waals surface area contributed by atoms with E-state index in [1.807, 2.05) is 6.07 Å². The lowest BCUT2D eigenvalue weighted by molar-refractivity contribution is -0.161. The molecule has 280 valence electrons. The summed E-state index contributed by atoms with van der Waals surface area (Å²) in [6, 6.07) is 17.2. The minimum atomic E-state index is -0.916. The van der Waals surface area contributed by atoms with Crippen molar-refractivity contribution in [1.82, 2.24) is 15.2 Å². The van der Waals surface area contributed by atoms with Crippen LogP contribution in [0.3, 0.4) is 0 Å². The standard InChI is InChI=1S/C38H38Cl2FN3O6.CH2O2/c1-47-32-10-9-25(17-34(32)48-2)33(18-29-30(39)20-42-21-31(29)40)49-37(45)27-7-3-5-23(15-27)19-43-36(26-6-4-8-28(41)16-26)38(46)50-35-22-44-13-11-24(35)12-14-44;2-1-3/h3-10,15-17,20-21,24,33,35-36,43H,11-14,18-19,22H2,1-2H3;1H,(H,2,3)/t33?,35-,36?;/m0./s1. The van der Waals surface area contributed by atoms with Crippen molar-refractivity contribution in [3.63, 3.8) is 0 Å². The Balaban J connectivity index is 0.00000175. The van der Waals surface area contributed by atoms with Gasteiger partial charge in [-0.2, -0.15) is 0 Å². The normalized spacial score (nSPS) is 18.5. The number of carboxylic acid groups (broad SMARTS) is 1. The first-order chi connectivity index (χ1) is 25.6. The highest BCUT2D eigenvalue weighted by Crippen LogP contribution is 2.36. The van der Waals surface area contributed by atoms with Gasteiger partial charge in [-0.15, -0.1) is 0 Å². The summed E-state index contributed by atoms with van der Waals surface area (Å²) in [6.45, 7) is 2.69. The van der Waals surface area contributed by atoms with Gasteiger partial charge in [-0.1, -0.05) is 53.5 Å². The Hall–Kier alpha value is -4.75. The number of aromatic nitrogens is 1. The maximum atomic E-state index is 14.3. The topological polar surface area (TPSA) is 137 Å². The first-order valence-corrected chi connectivity index (χ1v) is 17.7. The summed E-state index contributed by atoms with van der Waals surface area (Å²) in [7, 11) is 3.06. The first kappa shape index (κ1) is 39.5. The molecule has 7 rings (SSSR count). The Morgan fingerprint density at radius 3 is 2.32 bits per heavy atom. The molecule has 2 unspecified atom stereocenters. The molecule has 3 aromatic carbocycles. The zero-order valence-corrected chi connectivity index (χ0v) is 30.7. The molecular weight excluding hydrogens is 728 g/mol. The minimum absolute atomic E-state index is 0.166. The van der Waals surface area contributed by atoms with Crippen LogP contribution in [0.15, 0.2) is 79.1 Å². The average Bonchev–Trinajstić information content (AvgIpc) is 3.16. The number of methoxy groups -OCH3 is 2. The van der Waals surface area contributed by atoms with E-state index in [9.17, 15) is 14.0 Å². The summed E-state index contributed by atoms with van der Waals surface area (Å²) < 4.78 is 37.3. The minimum Gasteiger partial charge on any atom is -0.493 e. The lowest BCUT2D eigenvalue weighted by atomic mass is 9.86. The lowest BCUT2D eigenvalue weighted by Crippen LogP contribution is -2.52. The van der Waals surface area contributed by atoms with E-state index in [1.54, 1.807) is 48.5 Å². The molecule has 0 radical (unpaired) electrons. The summed E-state index contributed by atoms with van der Waals surface area (Å²) in [5.74, 6) is -0.189. The highest BCUT2D eigenvalue weighted by atomic mass is 35.5. The number of nitrogens with zero attached hydrogens (tertiary/aromatic N) is 2. The van der Waals surface area contributed by atoms with E-state index in [4.69, 9.17) is 52.1 Å². The molecule has 14 heteroatoms. The van der Waals surface area contributed by atoms with Gasteiger partial charge in [0.2, 0.25) is 0 Å². The van der Waals surface area contributed by atoms with Gasteiger partial charge in [0.05, 0.1) is 29.8 Å². The van der Waals surface area contributed by atoms with Gasteiger partial charge in [0.15, 0.2) is 11.5 Å². The van der Waals surface area contributed by atoms with Crippen molar-refractivity contribution in [3.05, 3.63) is 123 Å². The van der Waals surface area contributed by atoms with Crippen LogP contribution in [0.5, 0.6) is 11.5 Å². The summed E-state index contributed by atoms with van der Waals surface area (Å²) in [4.78, 5) is 42.0. The van der Waals surface area contributed by atoms with Gasteiger partial charge in [0.25, 0.3) is 6.47 Å². The molecule has 1 aromatic heterocycles. The van der Waals surface area contributed by atoms with Crippen molar-refractivity contribution >= 4 is 41.6 Å². The summed E-state index contributed by atoms with van der Waals surface area (Å²) in [6.07, 6.45) is 4.12. The number of hydrogen-bond acceptors (Lipinski definition) is 10. The number of rotatable bonds is 13. The number of ether oxygens (including phenoxy) is 4. The third kappa shape index (κ3) is 10.2. The van der Waals surface area contributed by atoms with Crippen LogP contribution >= 0.6 is 23.2 Å². The Kier molecular flexibility index (Phi) is 14.0. The van der Waals surface area contributed by atoms with E-state index in [-0.39, 0.29) is 25.5 Å². The lowest BCUT2D eigenvalue weighted by Gasteiger charge is -2.44. The van der Waals surface area contributed by atoms with E-state index in [2.05, 4.69) is 15.2 Å². The number of fused-ring (bicyclic) bond motifs is 3. The highest BCUT2D eigenvalue weighted by Gasteiger charge is 2.38. The quantitative estimate of drug-likeness (QED) is 0.109. The number of hydrogen-bond donors (Lipinski definition) is 2. The maximum Gasteiger partial charge on any atom is 0.338 e. The molecule has 3 fully saturated rings. The van der Waals surface area contributed by atoms with Gasteiger partial charge in [0.1, 0.15) is 24.1 Å². The Morgan fingerprint density at radius 2 is 1.68 bits per heavy atom. The third-order valence-electron chi connectivity index (χ3n) is 9.32. The number of carbonyl (C=O) groups is 3. The summed E-state index contributed by atoms with van der Waals surface area (Å²) in [5, 5.41) is 10.8. The van der Waals surface area contributed by atoms with Gasteiger partial charge in [-0.05, 0) is 90.5 Å². The second-order valence-corrected chi connectivity index (χ2v) is 13.4. The predicted molar refractivity (Wildman–Crippen MR) is 196 cm³/mol. The summed E-state index contributed by atoms with van der Waals surface area (Å²) in [5.41, 5.74) is 2.66. The molecule has 0 aliphatic carbocycles. The largest absolute Gasteiger partial charge is 0.493 e. The van der Waals surface area contributed by atoms with Crippen LogP contribution in [0.1, 0.15) is 57.6 Å². The second-order valence-electron chi connectivity index (χ2n) is 12.6. The fraction of sp³-hybridized carbons (Fsp3) is 0.333. The number of benzene rings is 3. The van der Waals surface area contributed by atoms with Crippen molar-refractivity contribution in [2.75, 3.05) is 33.9 Å². The number of pyridine rings is 1. The molecule has 2 bridgehead atoms. The van der Waals surface area contributed by atoms with Crippen LogP contribution in [0.4, 0.5) is 4.39 Å². The van der Waals surface area contributed by atoms with Gasteiger partial charge in [-0.3, -0.25) is 20.0 Å². The van der Waals surface area contributed by atoms with E-state index >= 15 is 0 Å². The first-order valence-electron chi connectivity index (χ1n) is 16.9. The van der Waals surface area contributed by atoms with Crippen LogP contribution in [0.25, 0.3) is 0 Å². The zero-order valence-electron chi connectivity index (χ0n) is 29.2. The van der Waals surface area contributed by atoms with Crippen LogP contribution in [0, 0.1) is 11.7 Å². The van der Waals surface area contributed by atoms with Gasteiger partial charge < -0.3 is 24.1 Å². The van der Waals surface area contributed by atoms with E-state index in [0.717, 1.165) is 25.9 Å². The average molecular weight is 769 g/mol. The molecule has 4 heterocycles. The molecule has 4 aromatic rings. The Morgan fingerprint density at radius 1 is 0.981 bits per heavy atom. The highest BCUT2D eigenvalue weighted by molar-refractivity contribution is 6.35. The Labute approximate surface area is 316 Å².